The van der Waals surface area contributed by atoms with Crippen molar-refractivity contribution in [2.24, 2.45) is 11.7 Å². The molecule has 0 spiro atoms. The van der Waals surface area contributed by atoms with E-state index in [1.54, 1.807) is 11.8 Å². The quantitative estimate of drug-likeness (QED) is 0.928. The van der Waals surface area contributed by atoms with E-state index in [-0.39, 0.29) is 17.2 Å². The van der Waals surface area contributed by atoms with Crippen molar-refractivity contribution < 1.29 is 4.79 Å². The maximum Gasteiger partial charge on any atom is 0.240 e. The summed E-state index contributed by atoms with van der Waals surface area (Å²) in [5.74, 6) is 0.801. The number of rotatable bonds is 4. The normalized spacial score (nSPS) is 19.6. The minimum atomic E-state index is -0.0805. The first-order valence-electron chi connectivity index (χ1n) is 7.25. The first-order valence-corrected chi connectivity index (χ1v) is 8.54. The lowest BCUT2D eigenvalue weighted by atomic mass is 9.90. The Morgan fingerprint density at radius 1 is 1.30 bits per heavy atom. The number of hydrogen-bond donors (Lipinski definition) is 1. The first kappa shape index (κ1) is 15.4. The van der Waals surface area contributed by atoms with Gasteiger partial charge in [0.25, 0.3) is 0 Å². The van der Waals surface area contributed by atoms with Gasteiger partial charge in [-0.05, 0) is 37.5 Å². The van der Waals surface area contributed by atoms with Gasteiger partial charge in [-0.1, -0.05) is 30.3 Å². The largest absolute Gasteiger partial charge is 0.341 e. The smallest absolute Gasteiger partial charge is 0.240 e. The Morgan fingerprint density at radius 3 is 2.40 bits per heavy atom. The molecule has 20 heavy (non-hydrogen) atoms. The van der Waals surface area contributed by atoms with Gasteiger partial charge in [-0.15, -0.1) is 11.8 Å². The van der Waals surface area contributed by atoms with E-state index in [1.807, 2.05) is 41.5 Å². The van der Waals surface area contributed by atoms with E-state index >= 15 is 0 Å². The van der Waals surface area contributed by atoms with E-state index in [1.165, 1.54) is 0 Å². The zero-order chi connectivity index (χ0) is 14.5. The molecule has 1 aliphatic rings. The van der Waals surface area contributed by atoms with Crippen molar-refractivity contribution in [3.63, 3.8) is 0 Å². The molecular weight excluding hydrogens is 268 g/mol. The van der Waals surface area contributed by atoms with Crippen molar-refractivity contribution in [3.8, 4) is 0 Å². The molecule has 1 fully saturated rings. The summed E-state index contributed by atoms with van der Waals surface area (Å²) < 4.78 is 0. The topological polar surface area (TPSA) is 46.3 Å². The van der Waals surface area contributed by atoms with E-state index in [9.17, 15) is 4.79 Å². The van der Waals surface area contributed by atoms with Crippen molar-refractivity contribution in [1.29, 1.82) is 0 Å². The third-order valence-corrected chi connectivity index (χ3v) is 5.10. The Morgan fingerprint density at radius 2 is 1.90 bits per heavy atom. The summed E-state index contributed by atoms with van der Waals surface area (Å²) in [6.45, 7) is 3.75. The summed E-state index contributed by atoms with van der Waals surface area (Å²) in [6, 6.07) is 10.3. The predicted octanol–water partition coefficient (Wildman–Crippen LogP) is 2.68. The van der Waals surface area contributed by atoms with Crippen LogP contribution in [0.4, 0.5) is 0 Å². The van der Waals surface area contributed by atoms with E-state index in [2.05, 4.69) is 6.92 Å². The molecule has 0 bridgehead atoms. The van der Waals surface area contributed by atoms with Crippen LogP contribution in [0.15, 0.2) is 30.3 Å². The van der Waals surface area contributed by atoms with E-state index in [0.717, 1.165) is 31.5 Å². The Balaban J connectivity index is 2.00. The summed E-state index contributed by atoms with van der Waals surface area (Å²) >= 11 is 1.62. The molecule has 1 saturated heterocycles. The van der Waals surface area contributed by atoms with Gasteiger partial charge in [0.2, 0.25) is 5.91 Å². The molecule has 2 rings (SSSR count). The number of benzene rings is 1. The van der Waals surface area contributed by atoms with Gasteiger partial charge in [0.05, 0.1) is 0 Å². The van der Waals surface area contributed by atoms with Crippen molar-refractivity contribution in [1.82, 2.24) is 4.90 Å². The SMILES string of the molecule is CSC(C(=O)N1CCC(C(C)N)CC1)c1ccccc1. The van der Waals surface area contributed by atoms with Crippen molar-refractivity contribution >= 4 is 17.7 Å². The molecule has 0 saturated carbocycles. The lowest BCUT2D eigenvalue weighted by Crippen LogP contribution is -2.43. The zero-order valence-corrected chi connectivity index (χ0v) is 13.1. The number of hydrogen-bond acceptors (Lipinski definition) is 3. The van der Waals surface area contributed by atoms with Crippen LogP contribution in [0, 0.1) is 5.92 Å². The van der Waals surface area contributed by atoms with Gasteiger partial charge in [0, 0.05) is 19.1 Å². The highest BCUT2D eigenvalue weighted by Crippen LogP contribution is 2.30. The summed E-state index contributed by atoms with van der Waals surface area (Å²) in [7, 11) is 0. The van der Waals surface area contributed by atoms with Gasteiger partial charge in [0.15, 0.2) is 0 Å². The Labute approximate surface area is 125 Å². The molecule has 2 atom stereocenters. The first-order chi connectivity index (χ1) is 9.63. The van der Waals surface area contributed by atoms with Crippen LogP contribution in [0.25, 0.3) is 0 Å². The average Bonchev–Trinajstić information content (AvgIpc) is 2.49. The van der Waals surface area contributed by atoms with Crippen LogP contribution in [0.3, 0.4) is 0 Å². The van der Waals surface area contributed by atoms with Gasteiger partial charge >= 0.3 is 0 Å². The molecule has 1 heterocycles. The molecule has 1 aliphatic heterocycles. The molecule has 1 aromatic carbocycles. The Hall–Kier alpha value is -1.00. The van der Waals surface area contributed by atoms with E-state index < -0.39 is 0 Å². The van der Waals surface area contributed by atoms with Crippen LogP contribution in [0.2, 0.25) is 0 Å². The second-order valence-electron chi connectivity index (χ2n) is 5.55. The van der Waals surface area contributed by atoms with Crippen molar-refractivity contribution in [3.05, 3.63) is 35.9 Å². The maximum atomic E-state index is 12.7. The fourth-order valence-electron chi connectivity index (χ4n) is 2.82. The van der Waals surface area contributed by atoms with Gasteiger partial charge in [-0.25, -0.2) is 0 Å². The van der Waals surface area contributed by atoms with Crippen LogP contribution in [-0.2, 0) is 4.79 Å². The number of piperidine rings is 1. The number of likely N-dealkylation sites (tertiary alicyclic amines) is 1. The molecule has 3 nitrogen and oxygen atoms in total. The summed E-state index contributed by atoms with van der Waals surface area (Å²) in [6.07, 6.45) is 4.06. The van der Waals surface area contributed by atoms with E-state index in [4.69, 9.17) is 5.73 Å². The lowest BCUT2D eigenvalue weighted by molar-refractivity contribution is -0.132. The van der Waals surface area contributed by atoms with Gasteiger partial charge in [-0.3, -0.25) is 4.79 Å². The molecule has 2 N–H and O–H groups in total. The van der Waals surface area contributed by atoms with Gasteiger partial charge < -0.3 is 10.6 Å². The molecule has 2 unspecified atom stereocenters. The molecule has 1 amide bonds. The fourth-order valence-corrected chi connectivity index (χ4v) is 3.60. The van der Waals surface area contributed by atoms with Crippen LogP contribution in [0.1, 0.15) is 30.6 Å². The Bertz CT molecular complexity index is 427. The maximum absolute atomic E-state index is 12.7. The number of nitrogens with zero attached hydrogens (tertiary/aromatic N) is 1. The monoisotopic (exact) mass is 292 g/mol. The van der Waals surface area contributed by atoms with Gasteiger partial charge in [-0.2, -0.15) is 0 Å². The van der Waals surface area contributed by atoms with Crippen molar-refractivity contribution in [2.45, 2.75) is 31.1 Å². The molecular formula is C16H24N2OS. The highest BCUT2D eigenvalue weighted by atomic mass is 32.2. The molecule has 0 aliphatic carbocycles. The van der Waals surface area contributed by atoms with Gasteiger partial charge in [0.1, 0.15) is 5.25 Å². The molecule has 110 valence electrons. The molecule has 4 heteroatoms. The second-order valence-corrected chi connectivity index (χ2v) is 6.49. The van der Waals surface area contributed by atoms with Crippen LogP contribution in [0.5, 0.6) is 0 Å². The molecule has 0 aromatic heterocycles. The lowest BCUT2D eigenvalue weighted by Gasteiger charge is -2.35. The summed E-state index contributed by atoms with van der Waals surface area (Å²) in [5, 5.41) is -0.0805. The predicted molar refractivity (Wildman–Crippen MR) is 85.7 cm³/mol. The Kier molecular flexibility index (Phi) is 5.49. The number of nitrogens with two attached hydrogens (primary N) is 1. The van der Waals surface area contributed by atoms with Crippen LogP contribution in [-0.4, -0.2) is 36.2 Å². The second kappa shape index (κ2) is 7.14. The standard InChI is InChI=1S/C16H24N2OS/c1-12(17)13-8-10-18(11-9-13)16(19)15(20-2)14-6-4-3-5-7-14/h3-7,12-13,15H,8-11,17H2,1-2H3. The number of carbonyl (C=O) groups excluding carboxylic acids is 1. The van der Waals surface area contributed by atoms with Crippen LogP contribution >= 0.6 is 11.8 Å². The highest BCUT2D eigenvalue weighted by Gasteiger charge is 2.29. The minimum Gasteiger partial charge on any atom is -0.341 e. The average molecular weight is 292 g/mol. The molecule has 1 aromatic rings. The fraction of sp³-hybridized carbons (Fsp3) is 0.562. The van der Waals surface area contributed by atoms with Crippen LogP contribution < -0.4 is 5.73 Å². The number of thioether (sulfide) groups is 1. The molecule has 0 radical (unpaired) electrons. The third kappa shape index (κ3) is 3.55. The minimum absolute atomic E-state index is 0.0805. The number of amides is 1. The third-order valence-electron chi connectivity index (χ3n) is 4.16. The van der Waals surface area contributed by atoms with E-state index in [0.29, 0.717) is 5.92 Å². The number of carbonyl (C=O) groups is 1. The summed E-state index contributed by atoms with van der Waals surface area (Å²) in [5.41, 5.74) is 7.05. The zero-order valence-electron chi connectivity index (χ0n) is 12.3. The van der Waals surface area contributed by atoms with Crippen molar-refractivity contribution in [2.75, 3.05) is 19.3 Å². The highest BCUT2D eigenvalue weighted by molar-refractivity contribution is 7.99. The summed E-state index contributed by atoms with van der Waals surface area (Å²) in [4.78, 5) is 14.7.